The van der Waals surface area contributed by atoms with Gasteiger partial charge in [-0.05, 0) is 24.4 Å². The SMILES string of the molecule is Cc1cc(-c2cccs2)c(C#N)c(N)n1. The predicted molar refractivity (Wildman–Crippen MR) is 61.4 cm³/mol. The van der Waals surface area contributed by atoms with Crippen molar-refractivity contribution in [2.75, 3.05) is 5.73 Å². The summed E-state index contributed by atoms with van der Waals surface area (Å²) in [6, 6.07) is 7.91. The lowest BCUT2D eigenvalue weighted by Gasteiger charge is -2.05. The first-order chi connectivity index (χ1) is 7.22. The van der Waals surface area contributed by atoms with Crippen LogP contribution in [0.2, 0.25) is 0 Å². The molecule has 2 heterocycles. The Hall–Kier alpha value is -1.86. The van der Waals surface area contributed by atoms with E-state index in [9.17, 15) is 0 Å². The number of anilines is 1. The molecule has 0 radical (unpaired) electrons. The Morgan fingerprint density at radius 3 is 2.93 bits per heavy atom. The number of aryl methyl sites for hydroxylation is 1. The lowest BCUT2D eigenvalue weighted by molar-refractivity contribution is 1.20. The molecular weight excluding hydrogens is 206 g/mol. The molecule has 0 fully saturated rings. The van der Waals surface area contributed by atoms with Crippen LogP contribution in [-0.2, 0) is 0 Å². The quantitative estimate of drug-likeness (QED) is 0.795. The van der Waals surface area contributed by atoms with Crippen LogP contribution in [0.5, 0.6) is 0 Å². The lowest BCUT2D eigenvalue weighted by atomic mass is 10.1. The molecule has 0 bridgehead atoms. The van der Waals surface area contributed by atoms with Gasteiger partial charge in [0.05, 0.1) is 0 Å². The number of nitrogens with zero attached hydrogens (tertiary/aromatic N) is 2. The molecular formula is C11H9N3S. The number of hydrogen-bond donors (Lipinski definition) is 1. The number of nitrogens with two attached hydrogens (primary N) is 1. The molecule has 0 aromatic carbocycles. The second kappa shape index (κ2) is 3.71. The monoisotopic (exact) mass is 215 g/mol. The van der Waals surface area contributed by atoms with Crippen molar-refractivity contribution in [1.82, 2.24) is 4.98 Å². The maximum Gasteiger partial charge on any atom is 0.142 e. The van der Waals surface area contributed by atoms with Gasteiger partial charge in [0.1, 0.15) is 17.5 Å². The molecule has 2 aromatic heterocycles. The molecule has 0 aliphatic heterocycles. The molecule has 0 amide bonds. The van der Waals surface area contributed by atoms with Crippen LogP contribution in [0.15, 0.2) is 23.6 Å². The van der Waals surface area contributed by atoms with Gasteiger partial charge in [-0.15, -0.1) is 11.3 Å². The van der Waals surface area contributed by atoms with Crippen molar-refractivity contribution in [3.05, 3.63) is 34.8 Å². The van der Waals surface area contributed by atoms with E-state index in [0.717, 1.165) is 16.1 Å². The number of pyridine rings is 1. The van der Waals surface area contributed by atoms with Gasteiger partial charge >= 0.3 is 0 Å². The van der Waals surface area contributed by atoms with Gasteiger partial charge in [0, 0.05) is 16.1 Å². The summed E-state index contributed by atoms with van der Waals surface area (Å²) in [6.45, 7) is 1.87. The maximum atomic E-state index is 9.02. The van der Waals surface area contributed by atoms with E-state index in [0.29, 0.717) is 11.4 Å². The highest BCUT2D eigenvalue weighted by atomic mass is 32.1. The lowest BCUT2D eigenvalue weighted by Crippen LogP contribution is -1.98. The zero-order valence-electron chi connectivity index (χ0n) is 8.19. The van der Waals surface area contributed by atoms with Gasteiger partial charge in [-0.2, -0.15) is 5.26 Å². The molecule has 0 aliphatic rings. The van der Waals surface area contributed by atoms with Gasteiger partial charge in [-0.3, -0.25) is 0 Å². The Bertz CT molecular complexity index is 524. The number of aromatic nitrogens is 1. The maximum absolute atomic E-state index is 9.02. The molecule has 74 valence electrons. The van der Waals surface area contributed by atoms with Gasteiger partial charge < -0.3 is 5.73 Å². The van der Waals surface area contributed by atoms with Gasteiger partial charge in [-0.25, -0.2) is 4.98 Å². The summed E-state index contributed by atoms with van der Waals surface area (Å²) in [5, 5.41) is 11.0. The van der Waals surface area contributed by atoms with Gasteiger partial charge in [0.15, 0.2) is 0 Å². The van der Waals surface area contributed by atoms with Crippen LogP contribution in [0.1, 0.15) is 11.3 Å². The zero-order valence-corrected chi connectivity index (χ0v) is 9.01. The third-order valence-electron chi connectivity index (χ3n) is 2.07. The molecule has 0 atom stereocenters. The number of rotatable bonds is 1. The Labute approximate surface area is 91.8 Å². The van der Waals surface area contributed by atoms with E-state index in [1.165, 1.54) is 0 Å². The van der Waals surface area contributed by atoms with Crippen molar-refractivity contribution in [3.63, 3.8) is 0 Å². The molecule has 0 saturated heterocycles. The second-order valence-electron chi connectivity index (χ2n) is 3.16. The smallest absolute Gasteiger partial charge is 0.142 e. The Morgan fingerprint density at radius 2 is 2.33 bits per heavy atom. The van der Waals surface area contributed by atoms with E-state index < -0.39 is 0 Å². The van der Waals surface area contributed by atoms with Gasteiger partial charge in [-0.1, -0.05) is 6.07 Å². The molecule has 0 saturated carbocycles. The molecule has 2 rings (SSSR count). The summed E-state index contributed by atoms with van der Waals surface area (Å²) in [5.74, 6) is 0.306. The largest absolute Gasteiger partial charge is 0.383 e. The first-order valence-electron chi connectivity index (χ1n) is 4.43. The summed E-state index contributed by atoms with van der Waals surface area (Å²) in [4.78, 5) is 5.12. The van der Waals surface area contributed by atoms with E-state index in [4.69, 9.17) is 11.0 Å². The fourth-order valence-electron chi connectivity index (χ4n) is 1.44. The van der Waals surface area contributed by atoms with E-state index in [2.05, 4.69) is 11.1 Å². The molecule has 0 aliphatic carbocycles. The fourth-order valence-corrected chi connectivity index (χ4v) is 2.19. The van der Waals surface area contributed by atoms with Crippen molar-refractivity contribution >= 4 is 17.2 Å². The summed E-state index contributed by atoms with van der Waals surface area (Å²) < 4.78 is 0. The Morgan fingerprint density at radius 1 is 1.53 bits per heavy atom. The minimum absolute atomic E-state index is 0.306. The normalized spacial score (nSPS) is 9.87. The van der Waals surface area contributed by atoms with E-state index >= 15 is 0 Å². The van der Waals surface area contributed by atoms with E-state index in [1.807, 2.05) is 30.5 Å². The zero-order chi connectivity index (χ0) is 10.8. The van der Waals surface area contributed by atoms with Crippen LogP contribution < -0.4 is 5.73 Å². The minimum Gasteiger partial charge on any atom is -0.383 e. The standard InChI is InChI=1S/C11H9N3S/c1-7-5-8(10-3-2-4-15-10)9(6-12)11(13)14-7/h2-5H,1H3,(H2,13,14). The van der Waals surface area contributed by atoms with Crippen LogP contribution in [0.4, 0.5) is 5.82 Å². The first kappa shape index (κ1) is 9.69. The number of nitrogen functional groups attached to an aromatic ring is 1. The molecule has 2 aromatic rings. The number of hydrogen-bond acceptors (Lipinski definition) is 4. The number of nitriles is 1. The Balaban J connectivity index is 2.71. The van der Waals surface area contributed by atoms with Gasteiger partial charge in [0.2, 0.25) is 0 Å². The summed E-state index contributed by atoms with van der Waals surface area (Å²) in [6.07, 6.45) is 0. The molecule has 0 spiro atoms. The summed E-state index contributed by atoms with van der Waals surface area (Å²) in [7, 11) is 0. The topological polar surface area (TPSA) is 62.7 Å². The van der Waals surface area contributed by atoms with E-state index in [-0.39, 0.29) is 0 Å². The van der Waals surface area contributed by atoms with Crippen molar-refractivity contribution in [1.29, 1.82) is 5.26 Å². The third kappa shape index (κ3) is 1.69. The van der Waals surface area contributed by atoms with Crippen molar-refractivity contribution < 1.29 is 0 Å². The van der Waals surface area contributed by atoms with Gasteiger partial charge in [0.25, 0.3) is 0 Å². The van der Waals surface area contributed by atoms with Crippen LogP contribution >= 0.6 is 11.3 Å². The van der Waals surface area contributed by atoms with Crippen molar-refractivity contribution in [2.24, 2.45) is 0 Å². The molecule has 0 unspecified atom stereocenters. The van der Waals surface area contributed by atoms with Crippen LogP contribution in [0.3, 0.4) is 0 Å². The summed E-state index contributed by atoms with van der Waals surface area (Å²) >= 11 is 1.59. The highest BCUT2D eigenvalue weighted by Gasteiger charge is 2.10. The minimum atomic E-state index is 0.306. The van der Waals surface area contributed by atoms with Crippen molar-refractivity contribution in [2.45, 2.75) is 6.92 Å². The average molecular weight is 215 g/mol. The van der Waals surface area contributed by atoms with Crippen molar-refractivity contribution in [3.8, 4) is 16.5 Å². The highest BCUT2D eigenvalue weighted by Crippen LogP contribution is 2.30. The Kier molecular flexibility index (Phi) is 2.40. The first-order valence-corrected chi connectivity index (χ1v) is 5.31. The predicted octanol–water partition coefficient (Wildman–Crippen LogP) is 2.57. The average Bonchev–Trinajstić information content (AvgIpc) is 2.69. The molecule has 3 nitrogen and oxygen atoms in total. The molecule has 4 heteroatoms. The van der Waals surface area contributed by atoms with Crippen LogP contribution in [0.25, 0.3) is 10.4 Å². The number of thiophene rings is 1. The third-order valence-corrected chi connectivity index (χ3v) is 2.98. The van der Waals surface area contributed by atoms with Crippen LogP contribution in [0, 0.1) is 18.3 Å². The fraction of sp³-hybridized carbons (Fsp3) is 0.0909. The summed E-state index contributed by atoms with van der Waals surface area (Å²) in [5.41, 5.74) is 7.87. The van der Waals surface area contributed by atoms with Crippen LogP contribution in [-0.4, -0.2) is 4.98 Å². The molecule has 15 heavy (non-hydrogen) atoms. The van der Waals surface area contributed by atoms with E-state index in [1.54, 1.807) is 11.3 Å². The molecule has 2 N–H and O–H groups in total. The second-order valence-corrected chi connectivity index (χ2v) is 4.11. The highest BCUT2D eigenvalue weighted by molar-refractivity contribution is 7.13.